The summed E-state index contributed by atoms with van der Waals surface area (Å²) in [5.74, 6) is 0.917. The van der Waals surface area contributed by atoms with Gasteiger partial charge in [0.25, 0.3) is 0 Å². The number of nitrogens with two attached hydrogens (primary N) is 1. The Morgan fingerprint density at radius 3 is 2.64 bits per heavy atom. The lowest BCUT2D eigenvalue weighted by molar-refractivity contribution is 0.517. The average molecular weight is 156 g/mol. The van der Waals surface area contributed by atoms with Gasteiger partial charge in [-0.2, -0.15) is 0 Å². The zero-order valence-electron chi connectivity index (χ0n) is 7.69. The fraction of sp³-hybridized carbons (Fsp3) is 1.00. The third kappa shape index (κ3) is 2.80. The molecule has 3 N–H and O–H groups in total. The van der Waals surface area contributed by atoms with Gasteiger partial charge in [0, 0.05) is 0 Å². The van der Waals surface area contributed by atoms with Crippen LogP contribution < -0.4 is 11.1 Å². The first kappa shape index (κ1) is 9.01. The van der Waals surface area contributed by atoms with Gasteiger partial charge in [-0.25, -0.2) is 0 Å². The van der Waals surface area contributed by atoms with Crippen LogP contribution in [0.2, 0.25) is 0 Å². The van der Waals surface area contributed by atoms with Crippen LogP contribution in [0.1, 0.15) is 26.7 Å². The van der Waals surface area contributed by atoms with E-state index in [1.807, 2.05) is 0 Å². The van der Waals surface area contributed by atoms with E-state index in [1.54, 1.807) is 0 Å². The van der Waals surface area contributed by atoms with Gasteiger partial charge in [0.05, 0.1) is 0 Å². The Hall–Kier alpha value is -0.0800. The Labute approximate surface area is 69.5 Å². The van der Waals surface area contributed by atoms with E-state index in [9.17, 15) is 0 Å². The summed E-state index contributed by atoms with van der Waals surface area (Å²) in [6.07, 6.45) is 2.50. The van der Waals surface area contributed by atoms with E-state index in [-0.39, 0.29) is 0 Å². The smallest absolute Gasteiger partial charge is 0.00152 e. The molecule has 1 atom stereocenters. The lowest BCUT2D eigenvalue weighted by atomic mass is 10.1. The van der Waals surface area contributed by atoms with Crippen LogP contribution in [-0.2, 0) is 0 Å². The lowest BCUT2D eigenvalue weighted by Crippen LogP contribution is -2.21. The van der Waals surface area contributed by atoms with Gasteiger partial charge in [-0.1, -0.05) is 13.8 Å². The molecule has 1 aliphatic rings. The Bertz CT molecular complexity index is 121. The Morgan fingerprint density at radius 2 is 2.18 bits per heavy atom. The first-order valence-electron chi connectivity index (χ1n) is 4.57. The average Bonchev–Trinajstić information content (AvgIpc) is 2.52. The zero-order chi connectivity index (χ0) is 8.32. The van der Waals surface area contributed by atoms with Crippen molar-refractivity contribution in [2.24, 2.45) is 17.1 Å². The Kier molecular flexibility index (Phi) is 2.90. The van der Waals surface area contributed by atoms with Crippen molar-refractivity contribution in [3.05, 3.63) is 0 Å². The highest BCUT2D eigenvalue weighted by Gasteiger charge is 2.44. The van der Waals surface area contributed by atoms with Crippen LogP contribution in [0.3, 0.4) is 0 Å². The summed E-state index contributed by atoms with van der Waals surface area (Å²) in [7, 11) is 0. The number of nitrogens with one attached hydrogen (secondary N) is 1. The van der Waals surface area contributed by atoms with Crippen molar-refractivity contribution >= 4 is 0 Å². The maximum Gasteiger partial charge on any atom is -0.00152 e. The molecule has 2 heteroatoms. The monoisotopic (exact) mass is 156 g/mol. The summed E-state index contributed by atoms with van der Waals surface area (Å²) < 4.78 is 0. The van der Waals surface area contributed by atoms with Crippen molar-refractivity contribution in [3.63, 3.8) is 0 Å². The van der Waals surface area contributed by atoms with Crippen LogP contribution in [0.4, 0.5) is 0 Å². The van der Waals surface area contributed by atoms with E-state index >= 15 is 0 Å². The summed E-state index contributed by atoms with van der Waals surface area (Å²) in [6, 6.07) is 0. The molecule has 11 heavy (non-hydrogen) atoms. The fourth-order valence-corrected chi connectivity index (χ4v) is 1.43. The van der Waals surface area contributed by atoms with E-state index in [1.165, 1.54) is 13.0 Å². The van der Waals surface area contributed by atoms with Gasteiger partial charge in [-0.15, -0.1) is 0 Å². The molecule has 0 aliphatic heterocycles. The maximum absolute atomic E-state index is 5.37. The minimum Gasteiger partial charge on any atom is -0.330 e. The first-order chi connectivity index (χ1) is 5.17. The quantitative estimate of drug-likeness (QED) is 0.582. The van der Waals surface area contributed by atoms with Crippen LogP contribution in [0.25, 0.3) is 0 Å². The SMILES string of the molecule is CC1(C)CC1CNCCCN. The van der Waals surface area contributed by atoms with Crippen molar-refractivity contribution in [2.75, 3.05) is 19.6 Å². The zero-order valence-corrected chi connectivity index (χ0v) is 7.69. The van der Waals surface area contributed by atoms with Gasteiger partial charge in [0.2, 0.25) is 0 Å². The van der Waals surface area contributed by atoms with Gasteiger partial charge >= 0.3 is 0 Å². The molecule has 1 rings (SSSR count). The highest BCUT2D eigenvalue weighted by atomic mass is 14.9. The molecule has 0 bridgehead atoms. The van der Waals surface area contributed by atoms with Gasteiger partial charge in [-0.05, 0) is 43.8 Å². The second-order valence-electron chi connectivity index (χ2n) is 4.24. The highest BCUT2D eigenvalue weighted by molar-refractivity contribution is 4.95. The first-order valence-corrected chi connectivity index (χ1v) is 4.57. The molecule has 0 aromatic rings. The van der Waals surface area contributed by atoms with Crippen molar-refractivity contribution in [3.8, 4) is 0 Å². The third-order valence-electron chi connectivity index (χ3n) is 2.67. The molecule has 1 fully saturated rings. The van der Waals surface area contributed by atoms with E-state index in [0.29, 0.717) is 5.41 Å². The minimum atomic E-state index is 0.621. The Morgan fingerprint density at radius 1 is 1.55 bits per heavy atom. The van der Waals surface area contributed by atoms with E-state index in [0.717, 1.165) is 25.4 Å². The molecule has 1 saturated carbocycles. The van der Waals surface area contributed by atoms with Gasteiger partial charge < -0.3 is 11.1 Å². The molecule has 0 radical (unpaired) electrons. The van der Waals surface area contributed by atoms with Crippen LogP contribution in [0.5, 0.6) is 0 Å². The number of hydrogen-bond donors (Lipinski definition) is 2. The van der Waals surface area contributed by atoms with Crippen LogP contribution in [0.15, 0.2) is 0 Å². The minimum absolute atomic E-state index is 0.621. The standard InChI is InChI=1S/C9H20N2/c1-9(2)6-8(9)7-11-5-3-4-10/h8,11H,3-7,10H2,1-2H3. The van der Waals surface area contributed by atoms with Crippen LogP contribution in [-0.4, -0.2) is 19.6 Å². The van der Waals surface area contributed by atoms with Crippen molar-refractivity contribution in [2.45, 2.75) is 26.7 Å². The summed E-state index contributed by atoms with van der Waals surface area (Å²) in [6.45, 7) is 7.75. The molecule has 0 aromatic carbocycles. The molecular formula is C9H20N2. The van der Waals surface area contributed by atoms with Gasteiger partial charge in [0.1, 0.15) is 0 Å². The normalized spacial score (nSPS) is 27.0. The molecule has 66 valence electrons. The van der Waals surface area contributed by atoms with E-state index < -0.39 is 0 Å². The van der Waals surface area contributed by atoms with Crippen LogP contribution >= 0.6 is 0 Å². The number of hydrogen-bond acceptors (Lipinski definition) is 2. The second kappa shape index (κ2) is 3.55. The van der Waals surface area contributed by atoms with Crippen molar-refractivity contribution in [1.82, 2.24) is 5.32 Å². The van der Waals surface area contributed by atoms with Crippen molar-refractivity contribution < 1.29 is 0 Å². The summed E-state index contributed by atoms with van der Waals surface area (Å²) >= 11 is 0. The largest absolute Gasteiger partial charge is 0.330 e. The summed E-state index contributed by atoms with van der Waals surface area (Å²) in [5, 5.41) is 3.42. The molecule has 0 aromatic heterocycles. The summed E-state index contributed by atoms with van der Waals surface area (Å²) in [5.41, 5.74) is 6.00. The van der Waals surface area contributed by atoms with Crippen molar-refractivity contribution in [1.29, 1.82) is 0 Å². The molecular weight excluding hydrogens is 136 g/mol. The van der Waals surface area contributed by atoms with Gasteiger partial charge in [-0.3, -0.25) is 0 Å². The third-order valence-corrected chi connectivity index (χ3v) is 2.67. The predicted octanol–water partition coefficient (Wildman–Crippen LogP) is 0.971. The molecule has 2 nitrogen and oxygen atoms in total. The topological polar surface area (TPSA) is 38.0 Å². The molecule has 0 amide bonds. The molecule has 1 unspecified atom stereocenters. The summed E-state index contributed by atoms with van der Waals surface area (Å²) in [4.78, 5) is 0. The molecule has 1 aliphatic carbocycles. The molecule has 0 saturated heterocycles. The maximum atomic E-state index is 5.37. The molecule has 0 heterocycles. The second-order valence-corrected chi connectivity index (χ2v) is 4.24. The fourth-order valence-electron chi connectivity index (χ4n) is 1.43. The van der Waals surface area contributed by atoms with E-state index in [2.05, 4.69) is 19.2 Å². The van der Waals surface area contributed by atoms with Crippen LogP contribution in [0, 0.1) is 11.3 Å². The molecule has 0 spiro atoms. The highest BCUT2D eigenvalue weighted by Crippen LogP contribution is 2.50. The van der Waals surface area contributed by atoms with E-state index in [4.69, 9.17) is 5.73 Å². The van der Waals surface area contributed by atoms with Gasteiger partial charge in [0.15, 0.2) is 0 Å². The Balaban J connectivity index is 1.90. The number of rotatable bonds is 5. The predicted molar refractivity (Wildman–Crippen MR) is 48.4 cm³/mol. The lowest BCUT2D eigenvalue weighted by Gasteiger charge is -2.04.